The Hall–Kier alpha value is -0.480. The monoisotopic (exact) mass is 299 g/mol. The van der Waals surface area contributed by atoms with Gasteiger partial charge in [0.25, 0.3) is 0 Å². The lowest BCUT2D eigenvalue weighted by Gasteiger charge is -2.27. The Labute approximate surface area is 124 Å². The van der Waals surface area contributed by atoms with Crippen LogP contribution in [0.5, 0.6) is 0 Å². The molecule has 0 spiro atoms. The molecule has 0 amide bonds. The van der Waals surface area contributed by atoms with Gasteiger partial charge in [0.1, 0.15) is 16.8 Å². The molecule has 0 aromatic carbocycles. The maximum Gasteiger partial charge on any atom is 0.135 e. The largest absolute Gasteiger partial charge is 0.369 e. The normalized spacial score (nSPS) is 17.9. The SMILES string of the molecule is CSC1(CNc2cc(Cl)nc(C(C)C)n2)CCCC1. The first-order valence-corrected chi connectivity index (χ1v) is 8.48. The van der Waals surface area contributed by atoms with Gasteiger partial charge in [0.05, 0.1) is 0 Å². The molecular weight excluding hydrogens is 278 g/mol. The number of thioether (sulfide) groups is 1. The van der Waals surface area contributed by atoms with Crippen LogP contribution in [0.3, 0.4) is 0 Å². The predicted molar refractivity (Wildman–Crippen MR) is 84.3 cm³/mol. The summed E-state index contributed by atoms with van der Waals surface area (Å²) in [7, 11) is 0. The topological polar surface area (TPSA) is 37.8 Å². The van der Waals surface area contributed by atoms with Crippen molar-refractivity contribution < 1.29 is 0 Å². The highest BCUT2D eigenvalue weighted by atomic mass is 35.5. The van der Waals surface area contributed by atoms with Gasteiger partial charge in [-0.25, -0.2) is 9.97 Å². The first-order valence-electron chi connectivity index (χ1n) is 6.88. The molecule has 0 unspecified atom stereocenters. The van der Waals surface area contributed by atoms with Gasteiger partial charge in [-0.2, -0.15) is 11.8 Å². The maximum absolute atomic E-state index is 6.06. The zero-order valence-corrected chi connectivity index (χ0v) is 13.4. The Morgan fingerprint density at radius 3 is 2.63 bits per heavy atom. The number of anilines is 1. The third-order valence-electron chi connectivity index (χ3n) is 3.77. The van der Waals surface area contributed by atoms with Crippen molar-refractivity contribution in [3.8, 4) is 0 Å². The Kier molecular flexibility index (Phi) is 4.96. The summed E-state index contributed by atoms with van der Waals surface area (Å²) < 4.78 is 0.370. The summed E-state index contributed by atoms with van der Waals surface area (Å²) in [4.78, 5) is 8.80. The molecule has 5 heteroatoms. The van der Waals surface area contributed by atoms with Crippen LogP contribution in [0.2, 0.25) is 5.15 Å². The van der Waals surface area contributed by atoms with Crippen molar-refractivity contribution in [2.45, 2.75) is 50.2 Å². The van der Waals surface area contributed by atoms with E-state index in [9.17, 15) is 0 Å². The highest BCUT2D eigenvalue weighted by Crippen LogP contribution is 2.40. The lowest BCUT2D eigenvalue weighted by atomic mass is 10.1. The van der Waals surface area contributed by atoms with Crippen molar-refractivity contribution in [2.75, 3.05) is 18.1 Å². The van der Waals surface area contributed by atoms with Gasteiger partial charge in [0.2, 0.25) is 0 Å². The molecule has 2 rings (SSSR count). The third-order valence-corrected chi connectivity index (χ3v) is 5.38. The zero-order chi connectivity index (χ0) is 13.9. The lowest BCUT2D eigenvalue weighted by molar-refractivity contribution is 0.637. The number of halogens is 1. The van der Waals surface area contributed by atoms with Crippen LogP contribution in [0.15, 0.2) is 6.07 Å². The molecule has 1 heterocycles. The van der Waals surface area contributed by atoms with Crippen LogP contribution in [0.1, 0.15) is 51.3 Å². The number of hydrogen-bond acceptors (Lipinski definition) is 4. The molecule has 1 saturated carbocycles. The summed E-state index contributed by atoms with van der Waals surface area (Å²) in [5.74, 6) is 1.95. The first-order chi connectivity index (χ1) is 9.04. The molecule has 0 bridgehead atoms. The van der Waals surface area contributed by atoms with E-state index in [0.717, 1.165) is 18.2 Å². The van der Waals surface area contributed by atoms with E-state index in [4.69, 9.17) is 11.6 Å². The minimum atomic E-state index is 0.292. The van der Waals surface area contributed by atoms with Crippen molar-refractivity contribution in [2.24, 2.45) is 0 Å². The quantitative estimate of drug-likeness (QED) is 0.821. The highest BCUT2D eigenvalue weighted by molar-refractivity contribution is 8.00. The van der Waals surface area contributed by atoms with E-state index in [-0.39, 0.29) is 0 Å². The summed E-state index contributed by atoms with van der Waals surface area (Å²) >= 11 is 8.04. The number of nitrogens with one attached hydrogen (secondary N) is 1. The summed E-state index contributed by atoms with van der Waals surface area (Å²) in [6.07, 6.45) is 7.46. The lowest BCUT2D eigenvalue weighted by Crippen LogP contribution is -2.30. The smallest absolute Gasteiger partial charge is 0.135 e. The van der Waals surface area contributed by atoms with Crippen molar-refractivity contribution in [3.05, 3.63) is 17.0 Å². The van der Waals surface area contributed by atoms with E-state index in [1.807, 2.05) is 17.8 Å². The Morgan fingerprint density at radius 1 is 1.37 bits per heavy atom. The molecule has 0 atom stereocenters. The molecule has 1 aliphatic carbocycles. The summed E-state index contributed by atoms with van der Waals surface area (Å²) in [5.41, 5.74) is 0. The van der Waals surface area contributed by atoms with E-state index in [1.165, 1.54) is 25.7 Å². The molecule has 3 nitrogen and oxygen atoms in total. The summed E-state index contributed by atoms with van der Waals surface area (Å²) in [6.45, 7) is 5.12. The Balaban J connectivity index is 2.06. The second-order valence-electron chi connectivity index (χ2n) is 5.54. The minimum absolute atomic E-state index is 0.292. The minimum Gasteiger partial charge on any atom is -0.369 e. The van der Waals surface area contributed by atoms with E-state index in [2.05, 4.69) is 35.4 Å². The number of hydrogen-bond donors (Lipinski definition) is 1. The summed E-state index contributed by atoms with van der Waals surface area (Å²) in [6, 6.07) is 1.82. The Morgan fingerprint density at radius 2 is 2.05 bits per heavy atom. The zero-order valence-electron chi connectivity index (χ0n) is 11.9. The average Bonchev–Trinajstić information content (AvgIpc) is 2.85. The van der Waals surface area contributed by atoms with Gasteiger partial charge < -0.3 is 5.32 Å². The van der Waals surface area contributed by atoms with Gasteiger partial charge in [-0.3, -0.25) is 0 Å². The predicted octanol–water partition coefficient (Wildman–Crippen LogP) is 4.34. The molecule has 1 N–H and O–H groups in total. The van der Waals surface area contributed by atoms with E-state index in [0.29, 0.717) is 15.8 Å². The van der Waals surface area contributed by atoms with Crippen LogP contribution in [0.25, 0.3) is 0 Å². The average molecular weight is 300 g/mol. The fourth-order valence-corrected chi connectivity index (χ4v) is 3.61. The van der Waals surface area contributed by atoms with Crippen molar-refractivity contribution in [1.29, 1.82) is 0 Å². The van der Waals surface area contributed by atoms with E-state index in [1.54, 1.807) is 0 Å². The molecule has 19 heavy (non-hydrogen) atoms. The summed E-state index contributed by atoms with van der Waals surface area (Å²) in [5, 5.41) is 3.98. The van der Waals surface area contributed by atoms with Gasteiger partial charge in [0.15, 0.2) is 0 Å². The van der Waals surface area contributed by atoms with Crippen molar-refractivity contribution in [1.82, 2.24) is 9.97 Å². The van der Waals surface area contributed by atoms with Crippen LogP contribution in [-0.2, 0) is 0 Å². The number of aromatic nitrogens is 2. The molecular formula is C14H22ClN3S. The van der Waals surface area contributed by atoms with Crippen LogP contribution < -0.4 is 5.32 Å². The number of nitrogens with zero attached hydrogens (tertiary/aromatic N) is 2. The first kappa shape index (κ1) is 14.9. The van der Waals surface area contributed by atoms with Gasteiger partial charge in [-0.15, -0.1) is 0 Å². The second-order valence-corrected chi connectivity index (χ2v) is 7.20. The van der Waals surface area contributed by atoms with Crippen LogP contribution in [0.4, 0.5) is 5.82 Å². The molecule has 0 radical (unpaired) electrons. The van der Waals surface area contributed by atoms with E-state index < -0.39 is 0 Å². The fraction of sp³-hybridized carbons (Fsp3) is 0.714. The molecule has 0 saturated heterocycles. The van der Waals surface area contributed by atoms with Gasteiger partial charge >= 0.3 is 0 Å². The van der Waals surface area contributed by atoms with Crippen LogP contribution in [0, 0.1) is 0 Å². The van der Waals surface area contributed by atoms with Crippen molar-refractivity contribution >= 4 is 29.2 Å². The molecule has 0 aliphatic heterocycles. The maximum atomic E-state index is 6.06. The molecule has 1 aliphatic rings. The van der Waals surface area contributed by atoms with Gasteiger partial charge in [-0.05, 0) is 19.1 Å². The van der Waals surface area contributed by atoms with Crippen LogP contribution in [-0.4, -0.2) is 27.5 Å². The fourth-order valence-electron chi connectivity index (χ4n) is 2.51. The van der Waals surface area contributed by atoms with Crippen molar-refractivity contribution in [3.63, 3.8) is 0 Å². The molecule has 106 valence electrons. The molecule has 1 fully saturated rings. The standard InChI is InChI=1S/C14H22ClN3S/c1-10(2)13-17-11(15)8-12(18-13)16-9-14(19-3)6-4-5-7-14/h8,10H,4-7,9H2,1-3H3,(H,16,17,18). The third kappa shape index (κ3) is 3.76. The van der Waals surface area contributed by atoms with E-state index >= 15 is 0 Å². The van der Waals surface area contributed by atoms with Gasteiger partial charge in [0, 0.05) is 23.3 Å². The van der Waals surface area contributed by atoms with Gasteiger partial charge in [-0.1, -0.05) is 38.3 Å². The highest BCUT2D eigenvalue weighted by Gasteiger charge is 2.32. The van der Waals surface area contributed by atoms with Crippen LogP contribution >= 0.6 is 23.4 Å². The molecule has 1 aromatic heterocycles. The number of rotatable bonds is 5. The Bertz CT molecular complexity index is 431. The molecule has 1 aromatic rings. The second kappa shape index (κ2) is 6.31.